The number of benzene rings is 3. The van der Waals surface area contributed by atoms with Crippen LogP contribution in [0.4, 0.5) is 0 Å². The van der Waals surface area contributed by atoms with Crippen molar-refractivity contribution in [2.75, 3.05) is 7.11 Å². The molecule has 162 valence electrons. The van der Waals surface area contributed by atoms with Crippen LogP contribution in [0.1, 0.15) is 22.3 Å². The molecule has 0 bridgehead atoms. The van der Waals surface area contributed by atoms with Crippen LogP contribution in [-0.4, -0.2) is 19.0 Å². The van der Waals surface area contributed by atoms with Gasteiger partial charge in [-0.2, -0.15) is 0 Å². The Morgan fingerprint density at radius 3 is 2.59 bits per heavy atom. The van der Waals surface area contributed by atoms with Gasteiger partial charge in [0.05, 0.1) is 10.7 Å². The first-order chi connectivity index (χ1) is 15.4. The molecule has 0 atom stereocenters. The molecular formula is C25H19ClINO4. The number of rotatable bonds is 6. The van der Waals surface area contributed by atoms with Crippen LogP contribution in [0.3, 0.4) is 0 Å². The predicted octanol–water partition coefficient (Wildman–Crippen LogP) is 6.19. The van der Waals surface area contributed by atoms with Crippen LogP contribution in [0.5, 0.6) is 11.5 Å². The highest BCUT2D eigenvalue weighted by molar-refractivity contribution is 14.1. The number of esters is 1. The first-order valence-electron chi connectivity index (χ1n) is 9.78. The third-order valence-electron chi connectivity index (χ3n) is 4.85. The van der Waals surface area contributed by atoms with E-state index in [-0.39, 0.29) is 5.70 Å². The number of methoxy groups -OCH3 is 1. The molecule has 0 aliphatic carbocycles. The maximum atomic E-state index is 12.4. The first kappa shape index (κ1) is 22.4. The van der Waals surface area contributed by atoms with E-state index >= 15 is 0 Å². The van der Waals surface area contributed by atoms with Crippen LogP contribution in [0.15, 0.2) is 71.4 Å². The predicted molar refractivity (Wildman–Crippen MR) is 133 cm³/mol. The van der Waals surface area contributed by atoms with Crippen molar-refractivity contribution in [2.24, 2.45) is 4.99 Å². The molecule has 4 rings (SSSR count). The van der Waals surface area contributed by atoms with Gasteiger partial charge in [-0.1, -0.05) is 41.9 Å². The molecule has 3 aromatic carbocycles. The molecule has 0 amide bonds. The number of hydrogen-bond acceptors (Lipinski definition) is 5. The van der Waals surface area contributed by atoms with Crippen LogP contribution in [-0.2, 0) is 16.1 Å². The molecule has 3 aromatic rings. The Morgan fingerprint density at radius 2 is 1.88 bits per heavy atom. The van der Waals surface area contributed by atoms with Crippen molar-refractivity contribution in [2.45, 2.75) is 13.5 Å². The minimum atomic E-state index is -0.486. The Kier molecular flexibility index (Phi) is 6.81. The van der Waals surface area contributed by atoms with E-state index in [0.29, 0.717) is 29.0 Å². The lowest BCUT2D eigenvalue weighted by atomic mass is 10.1. The maximum Gasteiger partial charge on any atom is 0.363 e. The van der Waals surface area contributed by atoms with Crippen LogP contribution >= 0.6 is 34.2 Å². The summed E-state index contributed by atoms with van der Waals surface area (Å²) in [4.78, 5) is 16.8. The third kappa shape index (κ3) is 4.97. The second-order valence-electron chi connectivity index (χ2n) is 7.10. The van der Waals surface area contributed by atoms with Crippen molar-refractivity contribution in [1.29, 1.82) is 0 Å². The number of nitrogens with zero attached hydrogens (tertiary/aromatic N) is 1. The van der Waals surface area contributed by atoms with E-state index in [1.165, 1.54) is 0 Å². The number of halogens is 2. The number of hydrogen-bond donors (Lipinski definition) is 0. The normalized spacial score (nSPS) is 14.3. The molecule has 1 aliphatic heterocycles. The number of carbonyl (C=O) groups excluding carboxylic acids is 1. The topological polar surface area (TPSA) is 57.1 Å². The Hall–Kier alpha value is -2.84. The lowest BCUT2D eigenvalue weighted by Gasteiger charge is -2.14. The number of ether oxygens (including phenoxy) is 3. The van der Waals surface area contributed by atoms with Gasteiger partial charge in [0.2, 0.25) is 5.90 Å². The Balaban J connectivity index is 1.59. The summed E-state index contributed by atoms with van der Waals surface area (Å²) in [6.45, 7) is 2.32. The van der Waals surface area contributed by atoms with E-state index < -0.39 is 5.97 Å². The summed E-state index contributed by atoms with van der Waals surface area (Å²) in [6, 6.07) is 18.8. The summed E-state index contributed by atoms with van der Waals surface area (Å²) < 4.78 is 17.8. The lowest BCUT2D eigenvalue weighted by molar-refractivity contribution is -0.129. The molecule has 1 aliphatic rings. The Labute approximate surface area is 204 Å². The highest BCUT2D eigenvalue weighted by Crippen LogP contribution is 2.35. The fourth-order valence-corrected chi connectivity index (χ4v) is 4.10. The van der Waals surface area contributed by atoms with Gasteiger partial charge in [-0.3, -0.25) is 0 Å². The molecule has 1 heterocycles. The van der Waals surface area contributed by atoms with Crippen LogP contribution < -0.4 is 9.47 Å². The van der Waals surface area contributed by atoms with Crippen molar-refractivity contribution < 1.29 is 19.0 Å². The van der Waals surface area contributed by atoms with E-state index in [1.54, 1.807) is 19.3 Å². The second kappa shape index (κ2) is 9.75. The zero-order valence-corrected chi connectivity index (χ0v) is 20.3. The van der Waals surface area contributed by atoms with Gasteiger partial charge in [-0.15, -0.1) is 0 Å². The van der Waals surface area contributed by atoms with Crippen LogP contribution in [0.25, 0.3) is 6.08 Å². The zero-order valence-electron chi connectivity index (χ0n) is 17.4. The van der Waals surface area contributed by atoms with Crippen molar-refractivity contribution in [3.63, 3.8) is 0 Å². The summed E-state index contributed by atoms with van der Waals surface area (Å²) in [6.07, 6.45) is 1.68. The van der Waals surface area contributed by atoms with Crippen molar-refractivity contribution in [1.82, 2.24) is 0 Å². The SMILES string of the molecule is COc1cc(/C=C2\N=C(c3ccccc3C)OC2=O)cc(I)c1OCc1ccc(Cl)cc1. The number of carbonyl (C=O) groups is 1. The van der Waals surface area contributed by atoms with E-state index in [0.717, 1.165) is 25.8 Å². The molecule has 0 spiro atoms. The maximum absolute atomic E-state index is 12.4. The van der Waals surface area contributed by atoms with Gasteiger partial charge < -0.3 is 14.2 Å². The molecular weight excluding hydrogens is 541 g/mol. The van der Waals surface area contributed by atoms with E-state index in [4.69, 9.17) is 25.8 Å². The largest absolute Gasteiger partial charge is 0.493 e. The van der Waals surface area contributed by atoms with E-state index in [2.05, 4.69) is 27.6 Å². The molecule has 0 saturated carbocycles. The molecule has 0 aromatic heterocycles. The minimum absolute atomic E-state index is 0.232. The van der Waals surface area contributed by atoms with E-state index in [1.807, 2.05) is 61.5 Å². The van der Waals surface area contributed by atoms with Crippen molar-refractivity contribution in [3.8, 4) is 11.5 Å². The van der Waals surface area contributed by atoms with Gasteiger partial charge in [0.25, 0.3) is 0 Å². The smallest absolute Gasteiger partial charge is 0.363 e. The van der Waals surface area contributed by atoms with Gasteiger partial charge >= 0.3 is 5.97 Å². The summed E-state index contributed by atoms with van der Waals surface area (Å²) in [5, 5.41) is 0.678. The average molecular weight is 560 g/mol. The lowest BCUT2D eigenvalue weighted by Crippen LogP contribution is -2.06. The molecule has 0 N–H and O–H groups in total. The van der Waals surface area contributed by atoms with Gasteiger partial charge in [-0.25, -0.2) is 9.79 Å². The molecule has 0 saturated heterocycles. The zero-order chi connectivity index (χ0) is 22.7. The highest BCUT2D eigenvalue weighted by Gasteiger charge is 2.25. The second-order valence-corrected chi connectivity index (χ2v) is 8.70. The standard InChI is InChI=1S/C25H19ClINO4/c1-15-5-3-4-6-19(15)24-28-21(25(29)32-24)12-17-11-20(27)23(22(13-17)30-2)31-14-16-7-9-18(26)10-8-16/h3-13H,14H2,1-2H3/b21-12-. The monoisotopic (exact) mass is 559 g/mol. The van der Waals surface area contributed by atoms with Gasteiger partial charge in [0.1, 0.15) is 6.61 Å². The van der Waals surface area contributed by atoms with Crippen LogP contribution in [0.2, 0.25) is 5.02 Å². The van der Waals surface area contributed by atoms with E-state index in [9.17, 15) is 4.79 Å². The van der Waals surface area contributed by atoms with Crippen LogP contribution in [0, 0.1) is 10.5 Å². The molecule has 32 heavy (non-hydrogen) atoms. The molecule has 0 fully saturated rings. The van der Waals surface area contributed by atoms with Gasteiger partial charge in [0.15, 0.2) is 17.2 Å². The highest BCUT2D eigenvalue weighted by atomic mass is 127. The summed E-state index contributed by atoms with van der Waals surface area (Å²) >= 11 is 8.13. The molecule has 0 radical (unpaired) electrons. The number of aryl methyl sites for hydroxylation is 1. The molecule has 7 heteroatoms. The summed E-state index contributed by atoms with van der Waals surface area (Å²) in [5.41, 5.74) is 3.76. The third-order valence-corrected chi connectivity index (χ3v) is 5.90. The number of aliphatic imine (C=N–C) groups is 1. The Morgan fingerprint density at radius 1 is 1.12 bits per heavy atom. The first-order valence-corrected chi connectivity index (χ1v) is 11.2. The van der Waals surface area contributed by atoms with Gasteiger partial charge in [0, 0.05) is 10.6 Å². The van der Waals surface area contributed by atoms with Crippen molar-refractivity contribution >= 4 is 52.1 Å². The number of cyclic esters (lactones) is 1. The minimum Gasteiger partial charge on any atom is -0.493 e. The van der Waals surface area contributed by atoms with Gasteiger partial charge in [-0.05, 0) is 82.6 Å². The molecule has 0 unspecified atom stereocenters. The fourth-order valence-electron chi connectivity index (χ4n) is 3.19. The molecule has 5 nitrogen and oxygen atoms in total. The fraction of sp³-hybridized carbons (Fsp3) is 0.120. The quantitative estimate of drug-likeness (QED) is 0.205. The summed E-state index contributed by atoms with van der Waals surface area (Å²) in [5.74, 6) is 1.01. The Bertz CT molecular complexity index is 1240. The summed E-state index contributed by atoms with van der Waals surface area (Å²) in [7, 11) is 1.58. The van der Waals surface area contributed by atoms with Crippen molar-refractivity contribution in [3.05, 3.63) is 97.2 Å². The average Bonchev–Trinajstić information content (AvgIpc) is 3.14.